The molecule has 0 bridgehead atoms. The highest BCUT2D eigenvalue weighted by molar-refractivity contribution is 7.99. The standard InChI is InChI=1S/C17H16Cl2N4O2S/c1-23(6-7-25-13-4-2-11(18)3-5-13)15(24)10-26-17-21-14-8-12(19)9-20-16(14)22-17/h2-5,8-9H,6-7,10H2,1H3,(H,20,21,22). The van der Waals surface area contributed by atoms with Crippen LogP contribution in [-0.4, -0.2) is 51.7 Å². The Morgan fingerprint density at radius 1 is 1.27 bits per heavy atom. The number of imidazole rings is 1. The number of ether oxygens (including phenoxy) is 1. The van der Waals surface area contributed by atoms with Crippen LogP contribution in [0.25, 0.3) is 11.2 Å². The van der Waals surface area contributed by atoms with E-state index < -0.39 is 0 Å². The molecule has 6 nitrogen and oxygen atoms in total. The monoisotopic (exact) mass is 410 g/mol. The molecule has 0 aliphatic carbocycles. The second-order valence-corrected chi connectivity index (χ2v) is 7.31. The Hall–Kier alpha value is -1.96. The summed E-state index contributed by atoms with van der Waals surface area (Å²) in [6.07, 6.45) is 1.54. The zero-order valence-corrected chi connectivity index (χ0v) is 16.2. The molecule has 1 N–H and O–H groups in total. The van der Waals surface area contributed by atoms with Gasteiger partial charge in [-0.15, -0.1) is 0 Å². The molecule has 9 heteroatoms. The fourth-order valence-corrected chi connectivity index (χ4v) is 3.21. The first-order valence-corrected chi connectivity index (χ1v) is 9.52. The Balaban J connectivity index is 1.45. The number of benzene rings is 1. The van der Waals surface area contributed by atoms with E-state index in [4.69, 9.17) is 27.9 Å². The number of carbonyl (C=O) groups is 1. The summed E-state index contributed by atoms with van der Waals surface area (Å²) in [4.78, 5) is 25.4. The van der Waals surface area contributed by atoms with Gasteiger partial charge in [0.25, 0.3) is 0 Å². The van der Waals surface area contributed by atoms with Gasteiger partial charge >= 0.3 is 0 Å². The molecule has 0 radical (unpaired) electrons. The van der Waals surface area contributed by atoms with Gasteiger partial charge in [-0.1, -0.05) is 35.0 Å². The number of H-pyrrole nitrogens is 1. The lowest BCUT2D eigenvalue weighted by molar-refractivity contribution is -0.127. The topological polar surface area (TPSA) is 71.1 Å². The zero-order chi connectivity index (χ0) is 18.5. The van der Waals surface area contributed by atoms with E-state index in [0.29, 0.717) is 34.0 Å². The molecule has 0 saturated carbocycles. The van der Waals surface area contributed by atoms with Crippen LogP contribution in [-0.2, 0) is 4.79 Å². The van der Waals surface area contributed by atoms with Crippen molar-refractivity contribution in [2.75, 3.05) is 26.0 Å². The Kier molecular flexibility index (Phi) is 6.24. The van der Waals surface area contributed by atoms with Gasteiger partial charge < -0.3 is 14.6 Å². The van der Waals surface area contributed by atoms with Gasteiger partial charge in [-0.05, 0) is 30.3 Å². The maximum absolute atomic E-state index is 12.2. The lowest BCUT2D eigenvalue weighted by Gasteiger charge is -2.17. The van der Waals surface area contributed by atoms with Gasteiger partial charge in [-0.3, -0.25) is 4.79 Å². The summed E-state index contributed by atoms with van der Waals surface area (Å²) in [6, 6.07) is 8.86. The van der Waals surface area contributed by atoms with Crippen LogP contribution in [0.2, 0.25) is 10.0 Å². The fourth-order valence-electron chi connectivity index (χ4n) is 2.12. The maximum Gasteiger partial charge on any atom is 0.232 e. The van der Waals surface area contributed by atoms with E-state index in [0.717, 1.165) is 11.3 Å². The average Bonchev–Trinajstić information content (AvgIpc) is 3.03. The molecule has 3 aromatic rings. The summed E-state index contributed by atoms with van der Waals surface area (Å²) < 4.78 is 5.60. The summed E-state index contributed by atoms with van der Waals surface area (Å²) in [5, 5.41) is 1.83. The highest BCUT2D eigenvalue weighted by atomic mass is 35.5. The van der Waals surface area contributed by atoms with E-state index in [1.807, 2.05) is 0 Å². The minimum atomic E-state index is -0.0128. The number of aromatic nitrogens is 3. The highest BCUT2D eigenvalue weighted by Crippen LogP contribution is 2.20. The van der Waals surface area contributed by atoms with Crippen molar-refractivity contribution in [1.29, 1.82) is 0 Å². The molecule has 0 saturated heterocycles. The maximum atomic E-state index is 12.2. The molecule has 0 atom stereocenters. The largest absolute Gasteiger partial charge is 0.492 e. The molecule has 26 heavy (non-hydrogen) atoms. The molecule has 3 rings (SSSR count). The number of pyridine rings is 1. The second-order valence-electron chi connectivity index (χ2n) is 5.47. The Labute approximate surface area is 164 Å². The zero-order valence-electron chi connectivity index (χ0n) is 13.9. The fraction of sp³-hybridized carbons (Fsp3) is 0.235. The van der Waals surface area contributed by atoms with Crippen molar-refractivity contribution in [3.05, 3.63) is 46.6 Å². The average molecular weight is 411 g/mol. The number of aromatic amines is 1. The van der Waals surface area contributed by atoms with Crippen LogP contribution in [0.5, 0.6) is 5.75 Å². The number of amides is 1. The molecule has 0 aliphatic rings. The van der Waals surface area contributed by atoms with Gasteiger partial charge in [0.15, 0.2) is 10.8 Å². The lowest BCUT2D eigenvalue weighted by Crippen LogP contribution is -2.32. The second kappa shape index (κ2) is 8.62. The molecular formula is C17H16Cl2N4O2S. The van der Waals surface area contributed by atoms with Crippen LogP contribution in [0.1, 0.15) is 0 Å². The Bertz CT molecular complexity index is 901. The first-order valence-electron chi connectivity index (χ1n) is 7.77. The molecule has 2 heterocycles. The third kappa shape index (κ3) is 5.03. The number of nitrogens with zero attached hydrogens (tertiary/aromatic N) is 3. The third-order valence-electron chi connectivity index (χ3n) is 3.55. The number of nitrogens with one attached hydrogen (secondary N) is 1. The highest BCUT2D eigenvalue weighted by Gasteiger charge is 2.12. The van der Waals surface area contributed by atoms with Gasteiger partial charge in [0.1, 0.15) is 12.4 Å². The van der Waals surface area contributed by atoms with E-state index >= 15 is 0 Å². The first kappa shape index (κ1) is 18.8. The van der Waals surface area contributed by atoms with E-state index in [1.54, 1.807) is 48.5 Å². The SMILES string of the molecule is CN(CCOc1ccc(Cl)cc1)C(=O)CSc1nc2ncc(Cl)cc2[nH]1. The van der Waals surface area contributed by atoms with E-state index in [1.165, 1.54) is 11.8 Å². The van der Waals surface area contributed by atoms with Crippen molar-refractivity contribution in [3.63, 3.8) is 0 Å². The van der Waals surface area contributed by atoms with Crippen molar-refractivity contribution in [1.82, 2.24) is 19.9 Å². The summed E-state index contributed by atoms with van der Waals surface area (Å²) >= 11 is 13.1. The number of likely N-dealkylation sites (N-methyl/N-ethyl adjacent to an activating group) is 1. The van der Waals surface area contributed by atoms with Crippen molar-refractivity contribution in [2.45, 2.75) is 5.16 Å². The normalized spacial score (nSPS) is 10.9. The van der Waals surface area contributed by atoms with E-state index in [2.05, 4.69) is 15.0 Å². The minimum absolute atomic E-state index is 0.0128. The summed E-state index contributed by atoms with van der Waals surface area (Å²) in [6.45, 7) is 0.890. The number of thioether (sulfide) groups is 1. The number of rotatable bonds is 7. The van der Waals surface area contributed by atoms with Crippen LogP contribution < -0.4 is 4.74 Å². The molecule has 0 spiro atoms. The minimum Gasteiger partial charge on any atom is -0.492 e. The number of hydrogen-bond acceptors (Lipinski definition) is 5. The van der Waals surface area contributed by atoms with Crippen LogP contribution in [0.3, 0.4) is 0 Å². The summed E-state index contributed by atoms with van der Waals surface area (Å²) in [5.74, 6) is 0.976. The molecular weight excluding hydrogens is 395 g/mol. The van der Waals surface area contributed by atoms with Gasteiger partial charge in [-0.25, -0.2) is 9.97 Å². The van der Waals surface area contributed by atoms with Crippen LogP contribution in [0, 0.1) is 0 Å². The van der Waals surface area contributed by atoms with Crippen molar-refractivity contribution >= 4 is 52.0 Å². The molecule has 2 aromatic heterocycles. The number of hydrogen-bond donors (Lipinski definition) is 1. The molecule has 0 fully saturated rings. The smallest absolute Gasteiger partial charge is 0.232 e. The Morgan fingerprint density at radius 2 is 2.04 bits per heavy atom. The number of fused-ring (bicyclic) bond motifs is 1. The predicted octanol–water partition coefficient (Wildman–Crippen LogP) is 3.89. The molecule has 0 unspecified atom stereocenters. The van der Waals surface area contributed by atoms with Gasteiger partial charge in [0, 0.05) is 18.3 Å². The lowest BCUT2D eigenvalue weighted by atomic mass is 10.3. The van der Waals surface area contributed by atoms with Crippen molar-refractivity contribution in [3.8, 4) is 5.75 Å². The van der Waals surface area contributed by atoms with E-state index in [9.17, 15) is 4.79 Å². The van der Waals surface area contributed by atoms with Crippen molar-refractivity contribution < 1.29 is 9.53 Å². The van der Waals surface area contributed by atoms with Gasteiger partial charge in [-0.2, -0.15) is 0 Å². The number of carbonyl (C=O) groups excluding carboxylic acids is 1. The molecule has 1 amide bonds. The third-order valence-corrected chi connectivity index (χ3v) is 4.87. The summed E-state index contributed by atoms with van der Waals surface area (Å²) in [5.41, 5.74) is 1.33. The van der Waals surface area contributed by atoms with Crippen LogP contribution in [0.4, 0.5) is 0 Å². The first-order chi connectivity index (χ1) is 12.5. The van der Waals surface area contributed by atoms with Gasteiger partial charge in [0.05, 0.1) is 22.8 Å². The van der Waals surface area contributed by atoms with Crippen molar-refractivity contribution in [2.24, 2.45) is 0 Å². The quantitative estimate of drug-likeness (QED) is 0.598. The number of halogens is 2. The van der Waals surface area contributed by atoms with E-state index in [-0.39, 0.29) is 11.7 Å². The predicted molar refractivity (Wildman–Crippen MR) is 104 cm³/mol. The Morgan fingerprint density at radius 3 is 2.81 bits per heavy atom. The van der Waals surface area contributed by atoms with Crippen LogP contribution >= 0.6 is 35.0 Å². The summed E-state index contributed by atoms with van der Waals surface area (Å²) in [7, 11) is 1.74. The molecule has 1 aromatic carbocycles. The molecule has 136 valence electrons. The molecule has 0 aliphatic heterocycles. The van der Waals surface area contributed by atoms with Crippen LogP contribution in [0.15, 0.2) is 41.7 Å². The van der Waals surface area contributed by atoms with Gasteiger partial charge in [0.2, 0.25) is 5.91 Å².